The monoisotopic (exact) mass is 554 g/mol. The van der Waals surface area contributed by atoms with E-state index >= 15 is 0 Å². The summed E-state index contributed by atoms with van der Waals surface area (Å²) in [5, 5.41) is 9.29. The van der Waals surface area contributed by atoms with E-state index in [1.807, 2.05) is 49.4 Å². The normalized spacial score (nSPS) is 12.1. The summed E-state index contributed by atoms with van der Waals surface area (Å²) in [5.74, 6) is 0.260. The summed E-state index contributed by atoms with van der Waals surface area (Å²) in [6.45, 7) is 4.26. The Morgan fingerprint density at radius 2 is 1.49 bits per heavy atom. The van der Waals surface area contributed by atoms with Gasteiger partial charge in [0.25, 0.3) is 0 Å². The number of nitrogens with one attached hydrogen (secondary N) is 1. The van der Waals surface area contributed by atoms with Crippen molar-refractivity contribution in [3.05, 3.63) is 71.6 Å². The molecule has 2 aromatic rings. The smallest absolute Gasteiger partial charge is 0.339 e. The third-order valence-corrected chi connectivity index (χ3v) is 7.93. The topological polar surface area (TPSA) is 89.3 Å². The van der Waals surface area contributed by atoms with Gasteiger partial charge in [-0.15, -0.1) is 0 Å². The van der Waals surface area contributed by atoms with Gasteiger partial charge in [0.15, 0.2) is 0 Å². The summed E-state index contributed by atoms with van der Waals surface area (Å²) in [6, 6.07) is 18.4. The molecule has 5 heteroatoms. The molecule has 0 aromatic heterocycles. The minimum absolute atomic E-state index is 0.149. The standard InChI is InChI=1S/C36H46N2O3/c1-3-4-5-6-7-8-9-10-11-12-13-14-17-26(2)40-36(39)30-19-16-15-18-29(30)35-31-22-20-27(37)24-33(31)41-34-25-28(38)21-23-32(34)35/h15-16,18-26,37H,3-14,17,38H2,1-2H3. The fraction of sp³-hybridized carbons (Fsp3) is 0.444. The lowest BCUT2D eigenvalue weighted by atomic mass is 9.90. The van der Waals surface area contributed by atoms with Gasteiger partial charge in [-0.1, -0.05) is 95.8 Å². The molecular weight excluding hydrogens is 508 g/mol. The fourth-order valence-electron chi connectivity index (χ4n) is 5.65. The van der Waals surface area contributed by atoms with Crippen molar-refractivity contribution >= 4 is 22.6 Å². The van der Waals surface area contributed by atoms with Crippen LogP contribution in [0.15, 0.2) is 65.1 Å². The Morgan fingerprint density at radius 1 is 0.829 bits per heavy atom. The first-order chi connectivity index (χ1) is 20.0. The van der Waals surface area contributed by atoms with E-state index in [2.05, 4.69) is 6.92 Å². The Labute approximate surface area is 245 Å². The second kappa shape index (κ2) is 15.4. The molecular formula is C36H46N2O3. The molecule has 5 nitrogen and oxygen atoms in total. The number of nitrogens with two attached hydrogens (primary N) is 1. The van der Waals surface area contributed by atoms with Crippen LogP contribution < -0.4 is 11.1 Å². The van der Waals surface area contributed by atoms with Crippen LogP contribution in [-0.2, 0) is 4.74 Å². The summed E-state index contributed by atoms with van der Waals surface area (Å²) in [4.78, 5) is 13.5. The number of hydrogen-bond acceptors (Lipinski definition) is 5. The maximum absolute atomic E-state index is 13.5. The molecule has 1 unspecified atom stereocenters. The van der Waals surface area contributed by atoms with E-state index < -0.39 is 0 Å². The number of anilines is 1. The number of nitrogen functional groups attached to an aromatic ring is 1. The number of carbonyl (C=O) groups excluding carboxylic acids is 1. The highest BCUT2D eigenvalue weighted by molar-refractivity contribution is 6.08. The number of rotatable bonds is 16. The van der Waals surface area contributed by atoms with Crippen LogP contribution in [0, 0.1) is 5.41 Å². The van der Waals surface area contributed by atoms with Crippen molar-refractivity contribution in [2.45, 2.75) is 103 Å². The van der Waals surface area contributed by atoms with Crippen LogP contribution in [0.5, 0.6) is 0 Å². The van der Waals surface area contributed by atoms with E-state index in [0.717, 1.165) is 34.9 Å². The Hall–Kier alpha value is -3.60. The largest absolute Gasteiger partial charge is 0.459 e. The first-order valence-electron chi connectivity index (χ1n) is 15.6. The second-order valence-corrected chi connectivity index (χ2v) is 11.4. The van der Waals surface area contributed by atoms with Crippen molar-refractivity contribution in [2.75, 3.05) is 5.73 Å². The minimum Gasteiger partial charge on any atom is -0.459 e. The summed E-state index contributed by atoms with van der Waals surface area (Å²) >= 11 is 0. The van der Waals surface area contributed by atoms with Crippen LogP contribution in [0.3, 0.4) is 0 Å². The van der Waals surface area contributed by atoms with Gasteiger partial charge in [-0.25, -0.2) is 4.79 Å². The number of carbonyl (C=O) groups is 1. The minimum atomic E-state index is -0.318. The molecule has 1 atom stereocenters. The number of unbranched alkanes of at least 4 members (excludes halogenated alkanes) is 11. The van der Waals surface area contributed by atoms with Gasteiger partial charge in [-0.2, -0.15) is 0 Å². The van der Waals surface area contributed by atoms with E-state index in [-0.39, 0.29) is 12.1 Å². The number of ether oxygens (including phenoxy) is 1. The third-order valence-electron chi connectivity index (χ3n) is 7.93. The highest BCUT2D eigenvalue weighted by Crippen LogP contribution is 2.41. The predicted molar refractivity (Wildman–Crippen MR) is 169 cm³/mol. The van der Waals surface area contributed by atoms with Crippen LogP contribution in [0.1, 0.15) is 108 Å². The van der Waals surface area contributed by atoms with Gasteiger partial charge in [0.2, 0.25) is 0 Å². The molecule has 2 aromatic carbocycles. The molecule has 0 saturated carbocycles. The lowest BCUT2D eigenvalue weighted by molar-refractivity contribution is 0.0320. The van der Waals surface area contributed by atoms with Crippen molar-refractivity contribution in [1.29, 1.82) is 5.41 Å². The van der Waals surface area contributed by atoms with Gasteiger partial charge in [0, 0.05) is 34.3 Å². The maximum atomic E-state index is 13.5. The molecule has 4 rings (SSSR count). The predicted octanol–water partition coefficient (Wildman–Crippen LogP) is 9.90. The van der Waals surface area contributed by atoms with E-state index in [9.17, 15) is 4.79 Å². The zero-order valence-electron chi connectivity index (χ0n) is 24.8. The number of benzene rings is 3. The molecule has 1 aliphatic heterocycles. The average molecular weight is 555 g/mol. The van der Waals surface area contributed by atoms with Crippen molar-refractivity contribution in [3.8, 4) is 22.5 Å². The summed E-state index contributed by atoms with van der Waals surface area (Å²) < 4.78 is 12.1. The first kappa shape index (κ1) is 30.4. The van der Waals surface area contributed by atoms with Gasteiger partial charge >= 0.3 is 5.97 Å². The molecule has 1 aliphatic carbocycles. The molecule has 0 spiro atoms. The lowest BCUT2D eigenvalue weighted by Gasteiger charge is -2.19. The van der Waals surface area contributed by atoms with Crippen molar-refractivity contribution in [2.24, 2.45) is 0 Å². The number of esters is 1. The van der Waals surface area contributed by atoms with E-state index in [1.54, 1.807) is 18.2 Å². The number of hydrogen-bond donors (Lipinski definition) is 2. The van der Waals surface area contributed by atoms with E-state index in [1.165, 1.54) is 70.6 Å². The second-order valence-electron chi connectivity index (χ2n) is 11.4. The quantitative estimate of drug-likeness (QED) is 0.0624. The zero-order valence-corrected chi connectivity index (χ0v) is 24.8. The lowest BCUT2D eigenvalue weighted by Crippen LogP contribution is -2.16. The Kier molecular flexibility index (Phi) is 11.4. The third kappa shape index (κ3) is 8.45. The van der Waals surface area contributed by atoms with Gasteiger partial charge in [0.05, 0.1) is 17.0 Å². The molecule has 1 heterocycles. The van der Waals surface area contributed by atoms with Crippen LogP contribution in [0.25, 0.3) is 33.4 Å². The van der Waals surface area contributed by atoms with Gasteiger partial charge in [-0.3, -0.25) is 0 Å². The van der Waals surface area contributed by atoms with E-state index in [0.29, 0.717) is 28.0 Å². The number of fused-ring (bicyclic) bond motifs is 2. The Bertz CT molecular complexity index is 1440. The molecule has 0 amide bonds. The van der Waals surface area contributed by atoms with Gasteiger partial charge in [0.1, 0.15) is 11.3 Å². The summed E-state index contributed by atoms with van der Waals surface area (Å²) in [7, 11) is 0. The van der Waals surface area contributed by atoms with Crippen LogP contribution in [0.2, 0.25) is 0 Å². The molecule has 2 aliphatic rings. The Morgan fingerprint density at radius 3 is 2.20 bits per heavy atom. The highest BCUT2D eigenvalue weighted by atomic mass is 16.5. The molecule has 0 radical (unpaired) electrons. The van der Waals surface area contributed by atoms with Crippen LogP contribution in [0.4, 0.5) is 5.69 Å². The van der Waals surface area contributed by atoms with Gasteiger partial charge in [-0.05, 0) is 55.7 Å². The van der Waals surface area contributed by atoms with Gasteiger partial charge < -0.3 is 20.3 Å². The van der Waals surface area contributed by atoms with Crippen molar-refractivity contribution < 1.29 is 13.9 Å². The average Bonchev–Trinajstić information content (AvgIpc) is 2.96. The molecule has 0 bridgehead atoms. The molecule has 3 N–H and O–H groups in total. The molecule has 218 valence electrons. The van der Waals surface area contributed by atoms with Crippen LogP contribution in [-0.4, -0.2) is 12.1 Å². The molecule has 0 fully saturated rings. The highest BCUT2D eigenvalue weighted by Gasteiger charge is 2.23. The molecule has 41 heavy (non-hydrogen) atoms. The van der Waals surface area contributed by atoms with E-state index in [4.69, 9.17) is 20.3 Å². The van der Waals surface area contributed by atoms with Crippen molar-refractivity contribution in [3.63, 3.8) is 0 Å². The Balaban J connectivity index is 1.36. The SMILES string of the molecule is CCCCCCCCCCCCCCC(C)OC(=O)c1ccccc1-c1c2ccc(=N)cc-2oc2cc(N)ccc12. The first-order valence-corrected chi connectivity index (χ1v) is 15.6. The van der Waals surface area contributed by atoms with Crippen molar-refractivity contribution in [1.82, 2.24) is 0 Å². The summed E-state index contributed by atoms with van der Waals surface area (Å²) in [5.41, 5.74) is 10.3. The zero-order chi connectivity index (χ0) is 29.0. The van der Waals surface area contributed by atoms with Crippen LogP contribution >= 0.6 is 0 Å². The maximum Gasteiger partial charge on any atom is 0.339 e. The summed E-state index contributed by atoms with van der Waals surface area (Å²) in [6.07, 6.45) is 16.5. The fourth-order valence-corrected chi connectivity index (χ4v) is 5.65. The molecule has 0 saturated heterocycles.